The first-order chi connectivity index (χ1) is 10.0. The molecule has 1 atom stereocenters. The van der Waals surface area contributed by atoms with Crippen LogP contribution in [0.4, 0.5) is 0 Å². The van der Waals surface area contributed by atoms with Crippen molar-refractivity contribution in [2.75, 3.05) is 7.05 Å². The molecule has 0 spiro atoms. The summed E-state index contributed by atoms with van der Waals surface area (Å²) in [6, 6.07) is 11.8. The zero-order valence-electron chi connectivity index (χ0n) is 13.2. The molecular formula is C17H23ClN2O2. The van der Waals surface area contributed by atoms with Crippen LogP contribution >= 0.6 is 12.4 Å². The molecule has 0 fully saturated rings. The average molecular weight is 323 g/mol. The number of carbonyl (C=O) groups excluding carboxylic acids is 1. The Labute approximate surface area is 137 Å². The van der Waals surface area contributed by atoms with Crippen molar-refractivity contribution in [2.45, 2.75) is 26.4 Å². The lowest BCUT2D eigenvalue weighted by atomic mass is 9.94. The van der Waals surface area contributed by atoms with Crippen LogP contribution in [0, 0.1) is 5.92 Å². The lowest BCUT2D eigenvalue weighted by Crippen LogP contribution is -2.33. The molecule has 0 aliphatic rings. The highest BCUT2D eigenvalue weighted by atomic mass is 35.5. The minimum atomic E-state index is -0.0546. The van der Waals surface area contributed by atoms with Crippen LogP contribution in [0.2, 0.25) is 0 Å². The van der Waals surface area contributed by atoms with Gasteiger partial charge in [0.05, 0.1) is 18.2 Å². The van der Waals surface area contributed by atoms with Crippen LogP contribution in [-0.2, 0) is 6.54 Å². The number of nitrogens with two attached hydrogens (primary N) is 1. The number of halogens is 1. The molecule has 0 aliphatic carbocycles. The maximum absolute atomic E-state index is 12.6. The minimum Gasteiger partial charge on any atom is -0.467 e. The highest BCUT2D eigenvalue weighted by Gasteiger charge is 2.26. The fraction of sp³-hybridized carbons (Fsp3) is 0.353. The van der Waals surface area contributed by atoms with Gasteiger partial charge in [0, 0.05) is 7.05 Å². The Kier molecular flexibility index (Phi) is 6.65. The van der Waals surface area contributed by atoms with Gasteiger partial charge in [0.2, 0.25) is 0 Å². The number of carbonyl (C=O) groups is 1. The molecule has 0 saturated heterocycles. The van der Waals surface area contributed by atoms with Gasteiger partial charge in [-0.3, -0.25) is 4.79 Å². The van der Waals surface area contributed by atoms with Crippen molar-refractivity contribution in [3.63, 3.8) is 0 Å². The number of amides is 1. The summed E-state index contributed by atoms with van der Waals surface area (Å²) in [4.78, 5) is 14.4. The summed E-state index contributed by atoms with van der Waals surface area (Å²) in [6.07, 6.45) is 1.48. The number of nitrogens with zero attached hydrogens (tertiary/aromatic N) is 1. The number of hydrogen-bond donors (Lipinski definition) is 1. The molecule has 0 aliphatic heterocycles. The topological polar surface area (TPSA) is 59.5 Å². The van der Waals surface area contributed by atoms with Crippen molar-refractivity contribution in [3.8, 4) is 0 Å². The first kappa shape index (κ1) is 18.3. The standard InChI is InChI=1S/C17H22N2O2.ClH/c1-12(2)16(13-7-5-4-6-8-13)19(3)17(20)14-9-15(10-18)21-11-14;/h4-9,11-12,16H,10,18H2,1-3H3;1H. The highest BCUT2D eigenvalue weighted by Crippen LogP contribution is 2.28. The summed E-state index contributed by atoms with van der Waals surface area (Å²) in [5.74, 6) is 0.871. The van der Waals surface area contributed by atoms with E-state index >= 15 is 0 Å². The Morgan fingerprint density at radius 1 is 1.27 bits per heavy atom. The second kappa shape index (κ2) is 8.01. The molecule has 22 heavy (non-hydrogen) atoms. The minimum absolute atomic E-state index is 0. The van der Waals surface area contributed by atoms with Gasteiger partial charge in [-0.2, -0.15) is 0 Å². The monoisotopic (exact) mass is 322 g/mol. The van der Waals surface area contributed by atoms with Crippen LogP contribution in [0.15, 0.2) is 47.1 Å². The third-order valence-corrected chi connectivity index (χ3v) is 3.61. The molecule has 2 rings (SSSR count). The van der Waals surface area contributed by atoms with Gasteiger partial charge in [0.15, 0.2) is 0 Å². The van der Waals surface area contributed by atoms with Crippen molar-refractivity contribution in [3.05, 3.63) is 59.5 Å². The third-order valence-electron chi connectivity index (χ3n) is 3.61. The Hall–Kier alpha value is -1.78. The first-order valence-corrected chi connectivity index (χ1v) is 7.14. The van der Waals surface area contributed by atoms with E-state index in [9.17, 15) is 4.79 Å². The van der Waals surface area contributed by atoms with Gasteiger partial charge in [-0.15, -0.1) is 12.4 Å². The molecule has 2 N–H and O–H groups in total. The zero-order chi connectivity index (χ0) is 15.4. The molecule has 1 unspecified atom stereocenters. The van der Waals surface area contributed by atoms with Gasteiger partial charge in [0.1, 0.15) is 12.0 Å². The van der Waals surface area contributed by atoms with Gasteiger partial charge in [-0.1, -0.05) is 44.2 Å². The highest BCUT2D eigenvalue weighted by molar-refractivity contribution is 5.94. The molecular weight excluding hydrogens is 300 g/mol. The van der Waals surface area contributed by atoms with Crippen LogP contribution in [-0.4, -0.2) is 17.9 Å². The third kappa shape index (κ3) is 3.90. The summed E-state index contributed by atoms with van der Waals surface area (Å²) < 4.78 is 5.26. The van der Waals surface area contributed by atoms with Crippen molar-refractivity contribution >= 4 is 18.3 Å². The van der Waals surface area contributed by atoms with E-state index in [4.69, 9.17) is 10.2 Å². The van der Waals surface area contributed by atoms with Gasteiger partial charge in [0.25, 0.3) is 5.91 Å². The molecule has 0 saturated carbocycles. The summed E-state index contributed by atoms with van der Waals surface area (Å²) in [5.41, 5.74) is 7.19. The molecule has 120 valence electrons. The van der Waals surface area contributed by atoms with E-state index < -0.39 is 0 Å². The molecule has 2 aromatic rings. The Morgan fingerprint density at radius 2 is 1.91 bits per heavy atom. The Morgan fingerprint density at radius 3 is 2.41 bits per heavy atom. The number of hydrogen-bond acceptors (Lipinski definition) is 3. The van der Waals surface area contributed by atoms with E-state index in [1.165, 1.54) is 6.26 Å². The number of benzene rings is 1. The van der Waals surface area contributed by atoms with Crippen LogP contribution in [0.25, 0.3) is 0 Å². The van der Waals surface area contributed by atoms with Crippen molar-refractivity contribution in [1.29, 1.82) is 0 Å². The van der Waals surface area contributed by atoms with E-state index in [1.54, 1.807) is 11.0 Å². The fourth-order valence-electron chi connectivity index (χ4n) is 2.64. The zero-order valence-corrected chi connectivity index (χ0v) is 14.0. The van der Waals surface area contributed by atoms with E-state index in [1.807, 2.05) is 25.2 Å². The van der Waals surface area contributed by atoms with Crippen LogP contribution in [0.3, 0.4) is 0 Å². The second-order valence-electron chi connectivity index (χ2n) is 5.52. The van der Waals surface area contributed by atoms with Crippen molar-refractivity contribution < 1.29 is 9.21 Å². The second-order valence-corrected chi connectivity index (χ2v) is 5.52. The normalized spacial score (nSPS) is 11.9. The van der Waals surface area contributed by atoms with Gasteiger partial charge in [-0.25, -0.2) is 0 Å². The summed E-state index contributed by atoms with van der Waals surface area (Å²) in [6.45, 7) is 4.52. The van der Waals surface area contributed by atoms with Crippen molar-refractivity contribution in [1.82, 2.24) is 4.90 Å². The van der Waals surface area contributed by atoms with Crippen molar-refractivity contribution in [2.24, 2.45) is 11.7 Å². The van der Waals surface area contributed by atoms with Crippen LogP contribution in [0.1, 0.15) is 41.6 Å². The van der Waals surface area contributed by atoms with E-state index in [0.29, 0.717) is 23.8 Å². The van der Waals surface area contributed by atoms with Crippen LogP contribution < -0.4 is 5.73 Å². The summed E-state index contributed by atoms with van der Waals surface area (Å²) >= 11 is 0. The Balaban J connectivity index is 0.00000242. The summed E-state index contributed by atoms with van der Waals surface area (Å²) in [7, 11) is 1.83. The average Bonchev–Trinajstić information content (AvgIpc) is 2.96. The molecule has 1 aromatic heterocycles. The van der Waals surface area contributed by atoms with Gasteiger partial charge < -0.3 is 15.1 Å². The molecule has 1 heterocycles. The molecule has 0 bridgehead atoms. The molecule has 4 nitrogen and oxygen atoms in total. The maximum Gasteiger partial charge on any atom is 0.257 e. The largest absolute Gasteiger partial charge is 0.467 e. The fourth-order valence-corrected chi connectivity index (χ4v) is 2.64. The SMILES string of the molecule is CC(C)C(c1ccccc1)N(C)C(=O)c1coc(CN)c1.Cl. The van der Waals surface area contributed by atoms with Gasteiger partial charge in [-0.05, 0) is 17.5 Å². The lowest BCUT2D eigenvalue weighted by Gasteiger charge is -2.31. The van der Waals surface area contributed by atoms with E-state index in [0.717, 1.165) is 5.56 Å². The lowest BCUT2D eigenvalue weighted by molar-refractivity contribution is 0.0686. The number of furan rings is 1. The maximum atomic E-state index is 12.6. The van der Waals surface area contributed by atoms with Gasteiger partial charge >= 0.3 is 0 Å². The molecule has 1 amide bonds. The predicted molar refractivity (Wildman–Crippen MR) is 90.0 cm³/mol. The quantitative estimate of drug-likeness (QED) is 0.914. The number of rotatable bonds is 5. The molecule has 0 radical (unpaired) electrons. The van der Waals surface area contributed by atoms with Crippen LogP contribution in [0.5, 0.6) is 0 Å². The summed E-state index contributed by atoms with van der Waals surface area (Å²) in [5, 5.41) is 0. The van der Waals surface area contributed by atoms with E-state index in [-0.39, 0.29) is 24.4 Å². The van der Waals surface area contributed by atoms with E-state index in [2.05, 4.69) is 26.0 Å². The molecule has 1 aromatic carbocycles. The first-order valence-electron chi connectivity index (χ1n) is 7.14. The molecule has 5 heteroatoms. The predicted octanol–water partition coefficient (Wildman–Crippen LogP) is 3.63. The Bertz CT molecular complexity index is 596. The smallest absolute Gasteiger partial charge is 0.257 e.